The molecule has 7 nitrogen and oxygen atoms in total. The number of nitrogens with zero attached hydrogens (tertiary/aromatic N) is 2. The number of amides is 1. The summed E-state index contributed by atoms with van der Waals surface area (Å²) in [5.41, 5.74) is 1.70. The first kappa shape index (κ1) is 24.8. The zero-order valence-corrected chi connectivity index (χ0v) is 20.7. The highest BCUT2D eigenvalue weighted by Crippen LogP contribution is 2.31. The van der Waals surface area contributed by atoms with Gasteiger partial charge in [-0.05, 0) is 66.8 Å². The molecule has 0 aliphatic carbocycles. The third kappa shape index (κ3) is 5.33. The predicted molar refractivity (Wildman–Crippen MR) is 135 cm³/mol. The first-order valence-corrected chi connectivity index (χ1v) is 13.0. The lowest BCUT2D eigenvalue weighted by atomic mass is 9.87. The van der Waals surface area contributed by atoms with E-state index >= 15 is 0 Å². The van der Waals surface area contributed by atoms with Gasteiger partial charge in [-0.15, -0.1) is 0 Å². The molecule has 3 aromatic carbocycles. The predicted octanol–water partition coefficient (Wildman–Crippen LogP) is 4.11. The zero-order chi connectivity index (χ0) is 25.0. The summed E-state index contributed by atoms with van der Waals surface area (Å²) in [6, 6.07) is 22.4. The Morgan fingerprint density at radius 3 is 2.29 bits per heavy atom. The van der Waals surface area contributed by atoms with Crippen LogP contribution in [0.2, 0.25) is 0 Å². The number of piperidine rings is 1. The van der Waals surface area contributed by atoms with Crippen LogP contribution in [-0.2, 0) is 10.0 Å². The molecule has 1 aliphatic heterocycles. The van der Waals surface area contributed by atoms with Gasteiger partial charge in [-0.1, -0.05) is 36.4 Å². The molecular formula is C27H30N2O5S. The Bertz CT molecular complexity index is 1250. The number of ether oxygens (including phenoxy) is 1. The number of hydrogen-bond donors (Lipinski definition) is 1. The number of carbonyl (C=O) groups is 1. The number of sulfonamides is 1. The standard InChI is InChI=1S/C27H30N2O5S/c1-28(23-11-13-24(34-2)14-12-23)35(32,33)25-10-6-9-22(19-25)27(31)29-17-15-21(16-18-29)26(30)20-7-4-3-5-8-20/h3-14,19,21,26,30H,15-18H2,1-2H3. The van der Waals surface area contributed by atoms with Crippen molar-refractivity contribution in [2.75, 3.05) is 31.6 Å². The minimum Gasteiger partial charge on any atom is -0.497 e. The Balaban J connectivity index is 1.45. The fourth-order valence-electron chi connectivity index (χ4n) is 4.40. The molecule has 1 aliphatic rings. The minimum absolute atomic E-state index is 0.0519. The van der Waals surface area contributed by atoms with E-state index in [2.05, 4.69) is 0 Å². The molecule has 0 saturated carbocycles. The molecule has 8 heteroatoms. The Hall–Kier alpha value is -3.36. The van der Waals surface area contributed by atoms with Gasteiger partial charge in [-0.2, -0.15) is 0 Å². The number of anilines is 1. The molecule has 1 atom stereocenters. The Morgan fingerprint density at radius 1 is 1.00 bits per heavy atom. The fourth-order valence-corrected chi connectivity index (χ4v) is 5.64. The van der Waals surface area contributed by atoms with Crippen LogP contribution in [-0.4, -0.2) is 51.6 Å². The van der Waals surface area contributed by atoms with Crippen molar-refractivity contribution in [1.82, 2.24) is 4.90 Å². The highest BCUT2D eigenvalue weighted by molar-refractivity contribution is 7.92. The van der Waals surface area contributed by atoms with E-state index < -0.39 is 16.1 Å². The third-order valence-corrected chi connectivity index (χ3v) is 8.37. The summed E-state index contributed by atoms with van der Waals surface area (Å²) < 4.78 is 32.8. The topological polar surface area (TPSA) is 87.2 Å². The lowest BCUT2D eigenvalue weighted by Crippen LogP contribution is -2.39. The monoisotopic (exact) mass is 494 g/mol. The average Bonchev–Trinajstić information content (AvgIpc) is 2.92. The van der Waals surface area contributed by atoms with Crippen LogP contribution in [0, 0.1) is 5.92 Å². The van der Waals surface area contributed by atoms with E-state index in [4.69, 9.17) is 4.74 Å². The van der Waals surface area contributed by atoms with E-state index in [9.17, 15) is 18.3 Å². The number of methoxy groups -OCH3 is 1. The number of likely N-dealkylation sites (tertiary alicyclic amines) is 1. The maximum Gasteiger partial charge on any atom is 0.264 e. The third-order valence-electron chi connectivity index (χ3n) is 6.59. The summed E-state index contributed by atoms with van der Waals surface area (Å²) >= 11 is 0. The van der Waals surface area contributed by atoms with Crippen LogP contribution in [0.4, 0.5) is 5.69 Å². The van der Waals surface area contributed by atoms with E-state index in [1.807, 2.05) is 30.3 Å². The summed E-state index contributed by atoms with van der Waals surface area (Å²) in [4.78, 5) is 15.0. The summed E-state index contributed by atoms with van der Waals surface area (Å²) in [5.74, 6) is 0.500. The van der Waals surface area contributed by atoms with Gasteiger partial charge in [0.1, 0.15) is 5.75 Å². The van der Waals surface area contributed by atoms with E-state index in [0.29, 0.717) is 42.9 Å². The maximum absolute atomic E-state index is 13.2. The van der Waals surface area contributed by atoms with Gasteiger partial charge < -0.3 is 14.7 Å². The summed E-state index contributed by atoms with van der Waals surface area (Å²) in [6.45, 7) is 1.02. The fraction of sp³-hybridized carbons (Fsp3) is 0.296. The van der Waals surface area contributed by atoms with E-state index in [0.717, 1.165) is 5.56 Å². The smallest absolute Gasteiger partial charge is 0.264 e. The van der Waals surface area contributed by atoms with Crippen LogP contribution in [0.3, 0.4) is 0 Å². The van der Waals surface area contributed by atoms with E-state index in [1.54, 1.807) is 48.4 Å². The van der Waals surface area contributed by atoms with Crippen molar-refractivity contribution >= 4 is 21.6 Å². The van der Waals surface area contributed by atoms with Gasteiger partial charge in [0.15, 0.2) is 0 Å². The number of aliphatic hydroxyl groups is 1. The van der Waals surface area contributed by atoms with Crippen molar-refractivity contribution in [3.8, 4) is 5.75 Å². The second-order valence-corrected chi connectivity index (χ2v) is 10.7. The molecule has 0 radical (unpaired) electrons. The molecule has 0 bridgehead atoms. The summed E-state index contributed by atoms with van der Waals surface area (Å²) in [5, 5.41) is 10.7. The number of hydrogen-bond acceptors (Lipinski definition) is 5. The molecule has 4 rings (SSSR count). The van der Waals surface area contributed by atoms with Crippen LogP contribution < -0.4 is 9.04 Å². The highest BCUT2D eigenvalue weighted by Gasteiger charge is 2.29. The Kier molecular flexibility index (Phi) is 7.42. The zero-order valence-electron chi connectivity index (χ0n) is 19.9. The van der Waals surface area contributed by atoms with Gasteiger partial charge in [0.25, 0.3) is 15.9 Å². The number of aliphatic hydroxyl groups excluding tert-OH is 1. The van der Waals surface area contributed by atoms with Crippen molar-refractivity contribution in [3.05, 3.63) is 90.0 Å². The number of benzene rings is 3. The molecule has 184 valence electrons. The number of carbonyl (C=O) groups excluding carboxylic acids is 1. The molecule has 1 N–H and O–H groups in total. The summed E-state index contributed by atoms with van der Waals surface area (Å²) in [7, 11) is -0.832. The Morgan fingerprint density at radius 2 is 1.66 bits per heavy atom. The Labute approximate surface area is 206 Å². The van der Waals surface area contributed by atoms with Gasteiger partial charge in [-0.25, -0.2) is 8.42 Å². The lowest BCUT2D eigenvalue weighted by Gasteiger charge is -2.34. The van der Waals surface area contributed by atoms with Gasteiger partial charge >= 0.3 is 0 Å². The van der Waals surface area contributed by atoms with Crippen LogP contribution >= 0.6 is 0 Å². The SMILES string of the molecule is COc1ccc(N(C)S(=O)(=O)c2cccc(C(=O)N3CCC(C(O)c4ccccc4)CC3)c2)cc1. The normalized spacial score (nSPS) is 15.5. The first-order valence-electron chi connectivity index (χ1n) is 11.6. The lowest BCUT2D eigenvalue weighted by molar-refractivity contribution is 0.0462. The van der Waals surface area contributed by atoms with Crippen molar-refractivity contribution in [3.63, 3.8) is 0 Å². The highest BCUT2D eigenvalue weighted by atomic mass is 32.2. The van der Waals surface area contributed by atoms with Crippen molar-refractivity contribution in [2.24, 2.45) is 5.92 Å². The van der Waals surface area contributed by atoms with Gasteiger partial charge in [0.2, 0.25) is 0 Å². The molecule has 0 aromatic heterocycles. The van der Waals surface area contributed by atoms with Gasteiger partial charge in [0, 0.05) is 25.7 Å². The van der Waals surface area contributed by atoms with Crippen LogP contribution in [0.25, 0.3) is 0 Å². The summed E-state index contributed by atoms with van der Waals surface area (Å²) in [6.07, 6.45) is 0.801. The van der Waals surface area contributed by atoms with Crippen molar-refractivity contribution in [2.45, 2.75) is 23.8 Å². The molecule has 0 spiro atoms. The quantitative estimate of drug-likeness (QED) is 0.534. The van der Waals surface area contributed by atoms with Crippen molar-refractivity contribution in [1.29, 1.82) is 0 Å². The average molecular weight is 495 g/mol. The molecule has 1 heterocycles. The second kappa shape index (κ2) is 10.5. The maximum atomic E-state index is 13.2. The van der Waals surface area contributed by atoms with Crippen molar-refractivity contribution < 1.29 is 23.1 Å². The van der Waals surface area contributed by atoms with Crippen LogP contribution in [0.15, 0.2) is 83.8 Å². The minimum atomic E-state index is -3.86. The first-order chi connectivity index (χ1) is 16.8. The largest absolute Gasteiger partial charge is 0.497 e. The molecule has 1 unspecified atom stereocenters. The molecule has 3 aromatic rings. The molecule has 1 fully saturated rings. The second-order valence-electron chi connectivity index (χ2n) is 8.68. The molecule has 1 amide bonds. The van der Waals surface area contributed by atoms with Crippen LogP contribution in [0.5, 0.6) is 5.75 Å². The van der Waals surface area contributed by atoms with Crippen LogP contribution in [0.1, 0.15) is 34.9 Å². The van der Waals surface area contributed by atoms with Gasteiger partial charge in [-0.3, -0.25) is 9.10 Å². The van der Waals surface area contributed by atoms with E-state index in [1.165, 1.54) is 23.5 Å². The number of rotatable bonds is 7. The van der Waals surface area contributed by atoms with E-state index in [-0.39, 0.29) is 16.7 Å². The molecular weight excluding hydrogens is 464 g/mol. The molecule has 35 heavy (non-hydrogen) atoms. The molecule has 1 saturated heterocycles. The van der Waals surface area contributed by atoms with Gasteiger partial charge in [0.05, 0.1) is 23.8 Å².